The highest BCUT2D eigenvalue weighted by molar-refractivity contribution is 7.97. The Morgan fingerprint density at radius 2 is 0.636 bits per heavy atom. The monoisotopic (exact) mass is 1150 g/mol. The first-order chi connectivity index (χ1) is 35.1. The van der Waals surface area contributed by atoms with E-state index in [0.717, 1.165) is 49.3 Å². The summed E-state index contributed by atoms with van der Waals surface area (Å²) < 4.78 is 96.1. The van der Waals surface area contributed by atoms with E-state index in [2.05, 4.69) is 234 Å². The van der Waals surface area contributed by atoms with Gasteiger partial charge in [-0.1, -0.05) is 215 Å². The van der Waals surface area contributed by atoms with Crippen molar-refractivity contribution in [1.29, 1.82) is 0 Å². The summed E-state index contributed by atoms with van der Waals surface area (Å²) in [5, 5.41) is 4.05. The lowest BCUT2D eigenvalue weighted by Crippen LogP contribution is -3.02. The Labute approximate surface area is 471 Å². The fourth-order valence-electron chi connectivity index (χ4n) is 12.1. The van der Waals surface area contributed by atoms with Gasteiger partial charge in [-0.15, -0.1) is 0 Å². The summed E-state index contributed by atoms with van der Waals surface area (Å²) in [6, 6.07) is 18.7. The van der Waals surface area contributed by atoms with E-state index in [1.807, 2.05) is 0 Å². The highest BCUT2D eigenvalue weighted by Crippen LogP contribution is 2.47. The van der Waals surface area contributed by atoms with Crippen LogP contribution in [0.4, 0.5) is 13.2 Å². The standard InChI is InChI=1S/C65H101F3O4SSi4/c1-36(2)48-28-52(40(9)10)60(53(29-48)41(11)12)74-64(71-75(25,26)27)76(72-73(69,70)65(66,67)68,61-54(42(13)14)30-49(37(3)4)31-55(61)43(15)16)77(74,62-56(44(17)18)32-50(38(5)6)33-57(62)45(19)20)63-58(46(21)22)34-51(39(7)8)35-59(63)47(23)24/h28-47H,1-27H3. The molecule has 0 fully saturated rings. The predicted octanol–water partition coefficient (Wildman–Crippen LogP) is 17.1. The molecule has 0 spiro atoms. The van der Waals surface area contributed by atoms with Gasteiger partial charge < -0.3 is 4.43 Å². The van der Waals surface area contributed by atoms with E-state index in [1.54, 1.807) is 0 Å². The molecule has 0 saturated carbocycles. The normalized spacial score (nSPS) is 16.8. The summed E-state index contributed by atoms with van der Waals surface area (Å²) in [6.07, 6.45) is 0. The molecule has 0 bridgehead atoms. The fourth-order valence-corrected chi connectivity index (χ4v) is 59.2. The molecule has 0 radical (unpaired) electrons. The van der Waals surface area contributed by atoms with E-state index in [1.165, 1.54) is 33.0 Å². The molecule has 1 aliphatic heterocycles. The van der Waals surface area contributed by atoms with Gasteiger partial charge in [-0.3, -0.25) is 3.87 Å². The van der Waals surface area contributed by atoms with Crippen molar-refractivity contribution >= 4 is 67.0 Å². The molecule has 4 aromatic carbocycles. The third-order valence-electron chi connectivity index (χ3n) is 16.3. The largest absolute Gasteiger partial charge is 0.552 e. The summed E-state index contributed by atoms with van der Waals surface area (Å²) in [7, 11) is -21.5. The van der Waals surface area contributed by atoms with E-state index in [9.17, 15) is 0 Å². The van der Waals surface area contributed by atoms with Crippen LogP contribution in [-0.2, 0) is 18.4 Å². The summed E-state index contributed by atoms with van der Waals surface area (Å²) in [4.78, 5) is 0.554. The van der Waals surface area contributed by atoms with Gasteiger partial charge >= 0.3 is 23.5 Å². The lowest BCUT2D eigenvalue weighted by Gasteiger charge is -2.61. The van der Waals surface area contributed by atoms with Gasteiger partial charge in [-0.2, -0.15) is 21.6 Å². The fraction of sp³-hybridized carbons (Fsp3) is 0.615. The van der Waals surface area contributed by atoms with Crippen molar-refractivity contribution in [2.75, 3.05) is 0 Å². The summed E-state index contributed by atoms with van der Waals surface area (Å²) in [5.74, 6) is -0.285. The van der Waals surface area contributed by atoms with Crippen LogP contribution in [0.5, 0.6) is 0 Å². The second-order valence-electron chi connectivity index (χ2n) is 27.5. The number of hydrogen-bond acceptors (Lipinski definition) is 4. The molecule has 1 heterocycles. The van der Waals surface area contributed by atoms with Crippen LogP contribution in [-0.4, -0.2) is 50.1 Å². The SMILES string of the molecule is CC(C)c1cc(C(C)C)c([Si]2=C(O[Si](C)(C)C)[Si](OS(=O)(=O)C(F)(F)F)(c3c(C(C)C)cc(C(C)C)cc3C(C)C)[Si]2(c2c(C(C)C)cc(C(C)C)cc2C(C)C)c2c(C(C)C)cc(C(C)C)cc2C(C)C)c(C(C)C)c1. The van der Waals surface area contributed by atoms with Crippen LogP contribution in [0, 0.1) is 0 Å². The average molecular weight is 1150 g/mol. The average Bonchev–Trinajstić information content (AvgIpc) is 3.29. The van der Waals surface area contributed by atoms with Gasteiger partial charge in [-0.25, -0.2) is 0 Å². The van der Waals surface area contributed by atoms with Gasteiger partial charge in [0.05, 0.1) is 12.9 Å². The van der Waals surface area contributed by atoms with Crippen molar-refractivity contribution in [2.24, 2.45) is 0 Å². The van der Waals surface area contributed by atoms with Gasteiger partial charge in [0.25, 0.3) is 0 Å². The third kappa shape index (κ3) is 11.9. The highest BCUT2D eigenvalue weighted by Gasteiger charge is 2.80. The maximum Gasteiger partial charge on any atom is 0.522 e. The number of benzene rings is 4. The van der Waals surface area contributed by atoms with Crippen LogP contribution in [0.25, 0.3) is 0 Å². The number of rotatable bonds is 20. The van der Waals surface area contributed by atoms with Crippen LogP contribution in [0.15, 0.2) is 48.5 Å². The second kappa shape index (κ2) is 23.5. The van der Waals surface area contributed by atoms with E-state index < -0.39 is 46.8 Å². The number of alkyl halides is 3. The molecule has 1 atom stereocenters. The van der Waals surface area contributed by atoms with Gasteiger partial charge in [0.15, 0.2) is 7.11 Å². The van der Waals surface area contributed by atoms with E-state index >= 15 is 21.6 Å². The van der Waals surface area contributed by atoms with Crippen molar-refractivity contribution in [3.05, 3.63) is 115 Å². The van der Waals surface area contributed by atoms with Crippen LogP contribution in [0.3, 0.4) is 0 Å². The number of halogens is 3. The van der Waals surface area contributed by atoms with Crippen LogP contribution < -0.4 is 20.7 Å². The Balaban J connectivity index is 2.68. The molecule has 12 heteroatoms. The van der Waals surface area contributed by atoms with Gasteiger partial charge in [0.2, 0.25) is 8.32 Å². The molecule has 77 heavy (non-hydrogen) atoms. The van der Waals surface area contributed by atoms with E-state index in [0.29, 0.717) is 10.2 Å². The Kier molecular flexibility index (Phi) is 19.8. The zero-order valence-electron chi connectivity index (χ0n) is 52.7. The lowest BCUT2D eigenvalue weighted by atomic mass is 9.89. The first-order valence-electron chi connectivity index (χ1n) is 29.3. The Bertz CT molecular complexity index is 2760. The summed E-state index contributed by atoms with van der Waals surface area (Å²) >= 11 is 0. The van der Waals surface area contributed by atoms with Gasteiger partial charge in [-0.05, 0) is 178 Å². The molecular weight excluding hydrogens is 1050 g/mol. The lowest BCUT2D eigenvalue weighted by molar-refractivity contribution is -0.0501. The molecule has 1 unspecified atom stereocenters. The van der Waals surface area contributed by atoms with E-state index in [-0.39, 0.29) is 71.0 Å². The minimum Gasteiger partial charge on any atom is -0.552 e. The van der Waals surface area contributed by atoms with Crippen molar-refractivity contribution < 1.29 is 29.9 Å². The van der Waals surface area contributed by atoms with Crippen molar-refractivity contribution in [1.82, 2.24) is 0 Å². The molecular formula is C65H101F3O4SSi4. The molecule has 0 aromatic heterocycles. The minimum atomic E-state index is -6.38. The quantitative estimate of drug-likeness (QED) is 0.0654. The third-order valence-corrected chi connectivity index (χ3v) is 48.8. The first kappa shape index (κ1) is 64.9. The molecule has 428 valence electrons. The molecule has 0 aliphatic carbocycles. The zero-order chi connectivity index (χ0) is 58.9. The van der Waals surface area contributed by atoms with Crippen LogP contribution in [0.2, 0.25) is 19.6 Å². The molecule has 0 saturated heterocycles. The zero-order valence-corrected chi connectivity index (χ0v) is 57.5. The Morgan fingerprint density at radius 3 is 0.844 bits per heavy atom. The minimum absolute atomic E-state index is 0.00714. The molecule has 4 nitrogen and oxygen atoms in total. The topological polar surface area (TPSA) is 52.6 Å². The van der Waals surface area contributed by atoms with Gasteiger partial charge in [0.1, 0.15) is 0 Å². The van der Waals surface area contributed by atoms with Crippen LogP contribution in [0.1, 0.15) is 304 Å². The van der Waals surface area contributed by atoms with Crippen molar-refractivity contribution in [2.45, 2.75) is 262 Å². The van der Waals surface area contributed by atoms with E-state index in [4.69, 9.17) is 8.30 Å². The Hall–Kier alpha value is -2.88. The maximum atomic E-state index is 16.5. The predicted molar refractivity (Wildman–Crippen MR) is 336 cm³/mol. The van der Waals surface area contributed by atoms with Crippen molar-refractivity contribution in [3.8, 4) is 0 Å². The van der Waals surface area contributed by atoms with Crippen LogP contribution >= 0.6 is 0 Å². The molecule has 4 aromatic rings. The summed E-state index contributed by atoms with van der Waals surface area (Å²) in [5.41, 5.74) is 7.35. The van der Waals surface area contributed by atoms with Gasteiger partial charge in [0, 0.05) is 0 Å². The molecule has 5 rings (SSSR count). The highest BCUT2D eigenvalue weighted by atomic mass is 32.2. The summed E-state index contributed by atoms with van der Waals surface area (Å²) in [6.45, 7) is 59.5. The molecule has 0 N–H and O–H groups in total. The molecule has 1 aliphatic rings. The molecule has 0 amide bonds. The smallest absolute Gasteiger partial charge is 0.522 e. The first-order valence-corrected chi connectivity index (χ1v) is 41.5. The second-order valence-corrected chi connectivity index (χ2v) is 50.6. The number of hydrogen-bond donors (Lipinski definition) is 0. The Morgan fingerprint density at radius 1 is 0.403 bits per heavy atom. The van der Waals surface area contributed by atoms with Crippen molar-refractivity contribution in [3.63, 3.8) is 0 Å². The maximum absolute atomic E-state index is 16.5.